The molecule has 0 radical (unpaired) electrons. The summed E-state index contributed by atoms with van der Waals surface area (Å²) < 4.78 is 20.8. The molecule has 8 rings (SSSR count). The number of rotatable bonds is 10. The second-order valence-electron chi connectivity index (χ2n) is 18.1. The first-order valence-electron chi connectivity index (χ1n) is 18.7. The van der Waals surface area contributed by atoms with Crippen LogP contribution in [-0.2, 0) is 30.1 Å². The van der Waals surface area contributed by atoms with E-state index in [2.05, 4.69) is 52.1 Å². The first-order chi connectivity index (χ1) is 23.0. The van der Waals surface area contributed by atoms with Crippen molar-refractivity contribution in [3.8, 4) is 0 Å². The Morgan fingerprint density at radius 3 is 2.47 bits per heavy atom. The quantitative estimate of drug-likeness (QED) is 0.207. The van der Waals surface area contributed by atoms with E-state index in [0.29, 0.717) is 36.5 Å². The van der Waals surface area contributed by atoms with Gasteiger partial charge in [-0.05, 0) is 113 Å². The topological polar surface area (TPSA) is 95.9 Å². The van der Waals surface area contributed by atoms with Crippen molar-refractivity contribution in [1.82, 2.24) is 9.88 Å². The summed E-state index contributed by atoms with van der Waals surface area (Å²) in [5.41, 5.74) is 0.748. The lowest BCUT2D eigenvalue weighted by Gasteiger charge is -2.64. The second kappa shape index (κ2) is 12.4. The van der Waals surface area contributed by atoms with Gasteiger partial charge in [0.2, 0.25) is 5.91 Å². The van der Waals surface area contributed by atoms with Crippen LogP contribution in [0.5, 0.6) is 0 Å². The van der Waals surface area contributed by atoms with Crippen LogP contribution < -0.4 is 5.32 Å². The molecule has 2 heterocycles. The van der Waals surface area contributed by atoms with E-state index in [1.807, 2.05) is 45.0 Å². The van der Waals surface area contributed by atoms with Gasteiger partial charge in [-0.3, -0.25) is 14.2 Å². The van der Waals surface area contributed by atoms with Gasteiger partial charge in [-0.1, -0.05) is 58.0 Å². The van der Waals surface area contributed by atoms with E-state index in [9.17, 15) is 14.4 Å². The molecule has 1 aliphatic heterocycles. The molecule has 1 saturated heterocycles. The average Bonchev–Trinajstić information content (AvgIpc) is 3.81. The Hall–Kier alpha value is -2.91. The lowest BCUT2D eigenvalue weighted by atomic mass is 9.43. The number of benzene rings is 1. The van der Waals surface area contributed by atoms with E-state index in [1.54, 1.807) is 6.20 Å². The van der Waals surface area contributed by atoms with E-state index in [0.717, 1.165) is 42.1 Å². The molecule has 5 fully saturated rings. The highest BCUT2D eigenvalue weighted by molar-refractivity contribution is 6.47. The van der Waals surface area contributed by atoms with Crippen molar-refractivity contribution in [2.45, 2.75) is 124 Å². The maximum Gasteiger partial charge on any atom is 0.481 e. The molecule has 3 unspecified atom stereocenters. The highest BCUT2D eigenvalue weighted by atomic mass is 16.7. The molecule has 8 nitrogen and oxygen atoms in total. The maximum atomic E-state index is 14.6. The summed E-state index contributed by atoms with van der Waals surface area (Å²) in [5.74, 6) is 1.07. The second-order valence-corrected chi connectivity index (χ2v) is 18.1. The van der Waals surface area contributed by atoms with Crippen LogP contribution in [0.15, 0.2) is 42.6 Å². The van der Waals surface area contributed by atoms with Gasteiger partial charge in [0, 0.05) is 29.8 Å². The van der Waals surface area contributed by atoms with Crippen molar-refractivity contribution < 1.29 is 28.4 Å². The minimum absolute atomic E-state index is 0.0167. The van der Waals surface area contributed by atoms with E-state index in [-0.39, 0.29) is 53.0 Å². The van der Waals surface area contributed by atoms with Gasteiger partial charge >= 0.3 is 13.2 Å². The molecular weight excluding hydrogens is 615 g/mol. The number of hydrogen-bond acceptors (Lipinski definition) is 6. The van der Waals surface area contributed by atoms with Crippen LogP contribution in [0.4, 0.5) is 4.79 Å². The summed E-state index contributed by atoms with van der Waals surface area (Å²) in [7, 11) is -0.544. The molecule has 2 aromatic rings. The Labute approximate surface area is 292 Å². The molecule has 6 aliphatic rings. The van der Waals surface area contributed by atoms with Crippen LogP contribution in [0.1, 0.15) is 99.5 Å². The van der Waals surface area contributed by atoms with Crippen molar-refractivity contribution in [3.05, 3.63) is 48.2 Å². The highest BCUT2D eigenvalue weighted by Gasteiger charge is 2.68. The standard InChI is InChI=1S/C40H55BN2O6/c1-23(2)15-35(41-48-34-21-28-20-33(39(28,6)7)40(34,8)49-41)42-36(45)26(19-32(44)30-17-24-13-14-25(30)16-24)18-27-22-43(37(46)47-38(3,4)5)31-12-10-9-11-29(27)31/h9-14,22-26,28,30,33-35H,15-21H2,1-8H3,(H,42,45)/t24?,25?,26-,28+,30?,33+,34-,35+,40+/m1/s1. The molecule has 9 atom stereocenters. The van der Waals surface area contributed by atoms with Crippen LogP contribution >= 0.6 is 0 Å². The predicted octanol–water partition coefficient (Wildman–Crippen LogP) is 7.55. The Bertz CT molecular complexity index is 1660. The van der Waals surface area contributed by atoms with Gasteiger partial charge in [-0.15, -0.1) is 0 Å². The van der Waals surface area contributed by atoms with E-state index in [4.69, 9.17) is 14.0 Å². The molecule has 49 heavy (non-hydrogen) atoms. The van der Waals surface area contributed by atoms with Crippen molar-refractivity contribution in [3.63, 3.8) is 0 Å². The number of amides is 1. The molecule has 9 heteroatoms. The monoisotopic (exact) mass is 670 g/mol. The number of allylic oxidation sites excluding steroid dienone is 2. The number of nitrogens with one attached hydrogen (secondary N) is 1. The van der Waals surface area contributed by atoms with Gasteiger partial charge in [0.15, 0.2) is 0 Å². The van der Waals surface area contributed by atoms with E-state index in [1.165, 1.54) is 4.57 Å². The summed E-state index contributed by atoms with van der Waals surface area (Å²) in [4.78, 5) is 41.8. The molecule has 1 aromatic heterocycles. The van der Waals surface area contributed by atoms with Gasteiger partial charge in [0.05, 0.1) is 23.2 Å². The maximum absolute atomic E-state index is 14.6. The van der Waals surface area contributed by atoms with E-state index < -0.39 is 24.7 Å². The third-order valence-corrected chi connectivity index (χ3v) is 12.7. The summed E-state index contributed by atoms with van der Waals surface area (Å²) in [5, 5.41) is 4.25. The fraction of sp³-hybridized carbons (Fsp3) is 0.675. The number of Topliss-reactive ketones (excluding diaryl/α,β-unsaturated/α-hetero) is 1. The fourth-order valence-electron chi connectivity index (χ4n) is 10.1. The number of carbonyl (C=O) groups is 3. The molecule has 264 valence electrons. The molecule has 0 spiro atoms. The van der Waals surface area contributed by atoms with Crippen molar-refractivity contribution in [2.24, 2.45) is 46.8 Å². The molecule has 5 aliphatic carbocycles. The first kappa shape index (κ1) is 34.5. The number of ketones is 1. The van der Waals surface area contributed by atoms with Crippen LogP contribution in [0.2, 0.25) is 0 Å². The van der Waals surface area contributed by atoms with Crippen LogP contribution in [0, 0.1) is 46.8 Å². The van der Waals surface area contributed by atoms with Crippen molar-refractivity contribution in [2.75, 3.05) is 0 Å². The third kappa shape index (κ3) is 6.32. The normalized spacial score (nSPS) is 32.2. The molecule has 4 saturated carbocycles. The number of ether oxygens (including phenoxy) is 1. The first-order valence-corrected chi connectivity index (χ1v) is 18.7. The summed E-state index contributed by atoms with van der Waals surface area (Å²) >= 11 is 0. The van der Waals surface area contributed by atoms with Crippen LogP contribution in [0.3, 0.4) is 0 Å². The summed E-state index contributed by atoms with van der Waals surface area (Å²) in [6.45, 7) is 16.8. The lowest BCUT2D eigenvalue weighted by molar-refractivity contribution is -0.199. The Morgan fingerprint density at radius 1 is 1.06 bits per heavy atom. The molecule has 1 N–H and O–H groups in total. The molecule has 1 amide bonds. The van der Waals surface area contributed by atoms with Gasteiger partial charge in [-0.2, -0.15) is 0 Å². The Kier molecular flexibility index (Phi) is 8.74. The van der Waals surface area contributed by atoms with E-state index >= 15 is 0 Å². The Morgan fingerprint density at radius 2 is 1.82 bits per heavy atom. The zero-order valence-electron chi connectivity index (χ0n) is 30.7. The molecule has 1 aromatic carbocycles. The number of nitrogens with zero attached hydrogens (tertiary/aromatic N) is 1. The van der Waals surface area contributed by atoms with Gasteiger partial charge in [0.25, 0.3) is 0 Å². The molecule has 4 bridgehead atoms. The largest absolute Gasteiger partial charge is 0.481 e. The zero-order valence-corrected chi connectivity index (χ0v) is 30.7. The van der Waals surface area contributed by atoms with Crippen molar-refractivity contribution in [1.29, 1.82) is 0 Å². The SMILES string of the molecule is CC(C)C[C@H](NC(=O)[C@@H](CC(=O)C1CC2C=CC1C2)Cc1cn(C(=O)OC(C)(C)C)c2ccccc12)B1O[C@@H]2C[C@@H]3C[C@@H](C3(C)C)[C@]2(C)O1. The smallest absolute Gasteiger partial charge is 0.443 e. The summed E-state index contributed by atoms with van der Waals surface area (Å²) in [6.07, 6.45) is 11.0. The fourth-order valence-corrected chi connectivity index (χ4v) is 10.1. The number of hydrogen-bond donors (Lipinski definition) is 1. The minimum atomic E-state index is -0.660. The zero-order chi connectivity index (χ0) is 35.0. The number of para-hydroxylation sites is 1. The van der Waals surface area contributed by atoms with Crippen LogP contribution in [-0.4, -0.2) is 52.7 Å². The summed E-state index contributed by atoms with van der Waals surface area (Å²) in [6, 6.07) is 7.69. The van der Waals surface area contributed by atoms with Gasteiger partial charge in [0.1, 0.15) is 11.4 Å². The highest BCUT2D eigenvalue weighted by Crippen LogP contribution is 2.65. The number of carbonyl (C=O) groups excluding carboxylic acids is 3. The predicted molar refractivity (Wildman–Crippen MR) is 191 cm³/mol. The van der Waals surface area contributed by atoms with Crippen molar-refractivity contribution >= 4 is 35.8 Å². The third-order valence-electron chi connectivity index (χ3n) is 12.7. The van der Waals surface area contributed by atoms with Gasteiger partial charge < -0.3 is 19.4 Å². The molecular formula is C40H55BN2O6. The van der Waals surface area contributed by atoms with Gasteiger partial charge in [-0.25, -0.2) is 4.79 Å². The number of fused-ring (bicyclic) bond motifs is 3. The minimum Gasteiger partial charge on any atom is -0.443 e. The average molecular weight is 671 g/mol. The van der Waals surface area contributed by atoms with Crippen LogP contribution in [0.25, 0.3) is 10.9 Å². The lowest BCUT2D eigenvalue weighted by Crippen LogP contribution is -2.65. The Balaban J connectivity index is 1.16. The number of aromatic nitrogens is 1.